The molecule has 1 aliphatic rings. The van der Waals surface area contributed by atoms with Gasteiger partial charge in [-0.25, -0.2) is 9.97 Å². The smallest absolute Gasteiger partial charge is 0.399 e. The zero-order chi connectivity index (χ0) is 16.1. The summed E-state index contributed by atoms with van der Waals surface area (Å²) in [4.78, 5) is 6.68. The molecule has 2 heterocycles. The minimum absolute atomic E-state index is 0.174. The zero-order valence-electron chi connectivity index (χ0n) is 12.7. The number of halogens is 3. The van der Waals surface area contributed by atoms with Crippen LogP contribution < -0.4 is 5.46 Å². The van der Waals surface area contributed by atoms with Gasteiger partial charge in [0.2, 0.25) is 5.82 Å². The molecule has 0 amide bonds. The summed E-state index contributed by atoms with van der Waals surface area (Å²) in [5, 5.41) is 0. The van der Waals surface area contributed by atoms with Crippen LogP contribution in [0.5, 0.6) is 0 Å². The quantitative estimate of drug-likeness (QED) is 0.787. The Kier molecular flexibility index (Phi) is 3.82. The molecule has 1 aromatic heterocycles. The molecule has 1 saturated heterocycles. The van der Waals surface area contributed by atoms with Crippen molar-refractivity contribution < 1.29 is 22.5 Å². The molecule has 8 heteroatoms. The van der Waals surface area contributed by atoms with E-state index in [9.17, 15) is 13.2 Å². The Hall–Kier alpha value is -1.15. The van der Waals surface area contributed by atoms with Gasteiger partial charge in [-0.05, 0) is 26.7 Å². The van der Waals surface area contributed by atoms with Crippen LogP contribution in [0.15, 0.2) is 12.4 Å². The summed E-state index contributed by atoms with van der Waals surface area (Å²) in [6, 6.07) is 0. The maximum Gasteiger partial charge on any atom is 0.498 e. The molecule has 0 bridgehead atoms. The Morgan fingerprint density at radius 3 is 2.00 bits per heavy atom. The summed E-state index contributed by atoms with van der Waals surface area (Å²) in [7, 11) is -0.769. The lowest BCUT2D eigenvalue weighted by molar-refractivity contribution is -0.144. The zero-order valence-corrected chi connectivity index (χ0v) is 12.7. The van der Waals surface area contributed by atoms with Crippen LogP contribution in [0.2, 0.25) is 0 Å². The van der Waals surface area contributed by atoms with E-state index < -0.39 is 30.3 Å². The van der Waals surface area contributed by atoms with Crippen molar-refractivity contribution in [3.05, 3.63) is 18.2 Å². The van der Waals surface area contributed by atoms with E-state index in [0.717, 1.165) is 12.4 Å². The molecular formula is C13H18BF3N2O2. The maximum atomic E-state index is 12.5. The Balaban J connectivity index is 2.25. The first-order valence-corrected chi connectivity index (χ1v) is 6.72. The molecule has 1 aromatic rings. The summed E-state index contributed by atoms with van der Waals surface area (Å²) in [5.74, 6) is -0.997. The summed E-state index contributed by atoms with van der Waals surface area (Å²) < 4.78 is 49.2. The predicted octanol–water partition coefficient (Wildman–Crippen LogP) is 2.43. The highest BCUT2D eigenvalue weighted by Gasteiger charge is 2.56. The average Bonchev–Trinajstić information content (AvgIpc) is 2.61. The number of alkyl halides is 3. The van der Waals surface area contributed by atoms with Crippen LogP contribution >= 0.6 is 0 Å². The molecule has 116 valence electrons. The molecule has 0 saturated carbocycles. The van der Waals surface area contributed by atoms with Gasteiger partial charge >= 0.3 is 13.3 Å². The van der Waals surface area contributed by atoms with E-state index in [2.05, 4.69) is 9.97 Å². The Morgan fingerprint density at radius 2 is 1.62 bits per heavy atom. The highest BCUT2D eigenvalue weighted by molar-refractivity contribution is 6.61. The molecule has 1 atom stereocenters. The highest BCUT2D eigenvalue weighted by Crippen LogP contribution is 2.42. The van der Waals surface area contributed by atoms with Crippen LogP contribution in [-0.2, 0) is 15.5 Å². The highest BCUT2D eigenvalue weighted by atomic mass is 19.4. The molecule has 21 heavy (non-hydrogen) atoms. The fourth-order valence-electron chi connectivity index (χ4n) is 2.35. The maximum absolute atomic E-state index is 12.5. The molecule has 0 radical (unpaired) electrons. The van der Waals surface area contributed by atoms with Crippen LogP contribution in [0.3, 0.4) is 0 Å². The van der Waals surface area contributed by atoms with Crippen molar-refractivity contribution in [2.75, 3.05) is 0 Å². The lowest BCUT2D eigenvalue weighted by Gasteiger charge is -2.39. The van der Waals surface area contributed by atoms with E-state index in [0.29, 0.717) is 5.46 Å². The standard InChI is InChI=1S/C13H18BF3N2O2/c1-8(2)12(5)11(3,4)20-14(21-12)9-6-18-10(19-7-9)13(15,16)17/h6-8H,1-5H3. The van der Waals surface area contributed by atoms with Crippen molar-refractivity contribution in [3.8, 4) is 0 Å². The molecule has 4 nitrogen and oxygen atoms in total. The molecule has 0 N–H and O–H groups in total. The Labute approximate surface area is 122 Å². The molecule has 1 unspecified atom stereocenters. The van der Waals surface area contributed by atoms with Gasteiger partial charge < -0.3 is 9.31 Å². The van der Waals surface area contributed by atoms with Crippen LogP contribution in [0, 0.1) is 5.92 Å². The molecular weight excluding hydrogens is 284 g/mol. The van der Waals surface area contributed by atoms with E-state index >= 15 is 0 Å². The van der Waals surface area contributed by atoms with Crippen molar-refractivity contribution in [2.24, 2.45) is 5.92 Å². The van der Waals surface area contributed by atoms with Crippen LogP contribution in [0.1, 0.15) is 40.4 Å². The normalized spacial score (nSPS) is 25.7. The third kappa shape index (κ3) is 2.79. The van der Waals surface area contributed by atoms with Crippen molar-refractivity contribution in [1.29, 1.82) is 0 Å². The number of hydrogen-bond donors (Lipinski definition) is 0. The molecule has 0 aromatic carbocycles. The van der Waals surface area contributed by atoms with Gasteiger partial charge in [-0.1, -0.05) is 13.8 Å². The van der Waals surface area contributed by atoms with Gasteiger partial charge in [0, 0.05) is 17.9 Å². The minimum atomic E-state index is -4.55. The second-order valence-corrected chi connectivity index (χ2v) is 6.18. The number of aromatic nitrogens is 2. The topological polar surface area (TPSA) is 44.2 Å². The summed E-state index contributed by atoms with van der Waals surface area (Å²) in [6.07, 6.45) is -2.35. The molecule has 0 aliphatic carbocycles. The van der Waals surface area contributed by atoms with Crippen molar-refractivity contribution in [3.63, 3.8) is 0 Å². The van der Waals surface area contributed by atoms with Crippen LogP contribution in [0.4, 0.5) is 13.2 Å². The summed E-state index contributed by atoms with van der Waals surface area (Å²) in [5.41, 5.74) is -0.755. The first-order chi connectivity index (χ1) is 9.47. The lowest BCUT2D eigenvalue weighted by Crippen LogP contribution is -2.48. The first-order valence-electron chi connectivity index (χ1n) is 6.72. The van der Waals surface area contributed by atoms with Gasteiger partial charge in [-0.15, -0.1) is 0 Å². The van der Waals surface area contributed by atoms with Crippen molar-refractivity contribution >= 4 is 12.6 Å². The average molecular weight is 302 g/mol. The number of hydrogen-bond acceptors (Lipinski definition) is 4. The van der Waals surface area contributed by atoms with E-state index in [1.54, 1.807) is 0 Å². The van der Waals surface area contributed by atoms with Crippen molar-refractivity contribution in [1.82, 2.24) is 9.97 Å². The van der Waals surface area contributed by atoms with Crippen LogP contribution in [0.25, 0.3) is 0 Å². The Bertz CT molecular complexity index is 519. The number of rotatable bonds is 2. The third-order valence-corrected chi connectivity index (χ3v) is 4.25. The predicted molar refractivity (Wildman–Crippen MR) is 71.9 cm³/mol. The monoisotopic (exact) mass is 302 g/mol. The van der Waals surface area contributed by atoms with Gasteiger partial charge in [0.15, 0.2) is 0 Å². The Morgan fingerprint density at radius 1 is 1.10 bits per heavy atom. The SMILES string of the molecule is CC(C)C1(C)OB(c2cnc(C(F)(F)F)nc2)OC1(C)C. The van der Waals surface area contributed by atoms with Gasteiger partial charge in [0.05, 0.1) is 11.2 Å². The largest absolute Gasteiger partial charge is 0.498 e. The van der Waals surface area contributed by atoms with E-state index in [1.165, 1.54) is 0 Å². The van der Waals surface area contributed by atoms with E-state index in [4.69, 9.17) is 9.31 Å². The molecule has 1 fully saturated rings. The first kappa shape index (κ1) is 16.2. The molecule has 1 aliphatic heterocycles. The fraction of sp³-hybridized carbons (Fsp3) is 0.692. The van der Waals surface area contributed by atoms with Gasteiger partial charge in [-0.3, -0.25) is 0 Å². The van der Waals surface area contributed by atoms with E-state index in [1.807, 2.05) is 34.6 Å². The lowest BCUT2D eigenvalue weighted by atomic mass is 9.78. The van der Waals surface area contributed by atoms with Crippen LogP contribution in [-0.4, -0.2) is 28.3 Å². The summed E-state index contributed by atoms with van der Waals surface area (Å²) >= 11 is 0. The van der Waals surface area contributed by atoms with Crippen molar-refractivity contribution in [2.45, 2.75) is 52.0 Å². The fourth-order valence-corrected chi connectivity index (χ4v) is 2.35. The van der Waals surface area contributed by atoms with Gasteiger partial charge in [0.25, 0.3) is 0 Å². The number of nitrogens with zero attached hydrogens (tertiary/aromatic N) is 2. The molecule has 2 rings (SSSR count). The van der Waals surface area contributed by atoms with E-state index in [-0.39, 0.29) is 5.92 Å². The van der Waals surface area contributed by atoms with Gasteiger partial charge in [-0.2, -0.15) is 13.2 Å². The van der Waals surface area contributed by atoms with Gasteiger partial charge in [0.1, 0.15) is 0 Å². The second-order valence-electron chi connectivity index (χ2n) is 6.18. The third-order valence-electron chi connectivity index (χ3n) is 4.25. The second kappa shape index (κ2) is 4.95. The summed E-state index contributed by atoms with van der Waals surface area (Å²) in [6.45, 7) is 9.76. The molecule has 0 spiro atoms. The minimum Gasteiger partial charge on any atom is -0.399 e.